The molecule has 1 rings (SSSR count). The van der Waals surface area contributed by atoms with Gasteiger partial charge in [-0.05, 0) is 40.2 Å². The minimum Gasteiger partial charge on any atom is -0.480 e. The summed E-state index contributed by atoms with van der Waals surface area (Å²) < 4.78 is 0. The molecule has 16 heavy (non-hydrogen) atoms. The Bertz CT molecular complexity index is 289. The van der Waals surface area contributed by atoms with E-state index in [-0.39, 0.29) is 5.91 Å². The van der Waals surface area contributed by atoms with E-state index >= 15 is 0 Å². The number of carbonyl (C=O) groups excluding carboxylic acids is 1. The van der Waals surface area contributed by atoms with Crippen LogP contribution in [0.4, 0.5) is 0 Å². The van der Waals surface area contributed by atoms with E-state index in [1.165, 1.54) is 4.90 Å². The second-order valence-corrected chi connectivity index (χ2v) is 4.72. The molecule has 5 nitrogen and oxygen atoms in total. The van der Waals surface area contributed by atoms with Gasteiger partial charge in [0, 0.05) is 6.54 Å². The second-order valence-electron chi connectivity index (χ2n) is 4.72. The van der Waals surface area contributed by atoms with Crippen molar-refractivity contribution in [2.24, 2.45) is 0 Å². The summed E-state index contributed by atoms with van der Waals surface area (Å²) in [4.78, 5) is 24.7. The molecule has 1 heterocycles. The Kier molecular flexibility index (Phi) is 3.91. The third-order valence-corrected chi connectivity index (χ3v) is 3.21. The largest absolute Gasteiger partial charge is 0.480 e. The average Bonchev–Trinajstić information content (AvgIpc) is 2.28. The molecule has 0 saturated carbocycles. The molecule has 0 bridgehead atoms. The zero-order valence-corrected chi connectivity index (χ0v) is 10.1. The highest BCUT2D eigenvalue weighted by Gasteiger charge is 2.38. The molecule has 0 aromatic carbocycles. The third-order valence-electron chi connectivity index (χ3n) is 3.21. The van der Waals surface area contributed by atoms with Crippen LogP contribution in [0.1, 0.15) is 33.1 Å². The van der Waals surface area contributed by atoms with Crippen LogP contribution in [-0.2, 0) is 9.59 Å². The van der Waals surface area contributed by atoms with Gasteiger partial charge in [0.25, 0.3) is 0 Å². The smallest absolute Gasteiger partial charge is 0.326 e. The molecular weight excluding hydrogens is 208 g/mol. The highest BCUT2D eigenvalue weighted by atomic mass is 16.4. The van der Waals surface area contributed by atoms with E-state index in [4.69, 9.17) is 5.11 Å². The molecule has 1 amide bonds. The summed E-state index contributed by atoms with van der Waals surface area (Å²) in [6.45, 7) is 4.08. The Labute approximate surface area is 95.8 Å². The lowest BCUT2D eigenvalue weighted by Crippen LogP contribution is -2.58. The van der Waals surface area contributed by atoms with Crippen molar-refractivity contribution in [3.8, 4) is 0 Å². The fourth-order valence-corrected chi connectivity index (χ4v) is 1.90. The monoisotopic (exact) mass is 228 g/mol. The van der Waals surface area contributed by atoms with E-state index in [2.05, 4.69) is 5.32 Å². The SMILES string of the molecule is CNC(C)(C)C(=O)N1CCCC[C@H]1C(=O)O. The number of carboxylic acid groups (broad SMARTS) is 1. The van der Waals surface area contributed by atoms with Crippen LogP contribution in [-0.4, -0.2) is 47.1 Å². The number of hydrogen-bond acceptors (Lipinski definition) is 3. The van der Waals surface area contributed by atoms with Gasteiger partial charge in [-0.2, -0.15) is 0 Å². The van der Waals surface area contributed by atoms with Gasteiger partial charge in [0.1, 0.15) is 6.04 Å². The quantitative estimate of drug-likeness (QED) is 0.736. The molecule has 1 fully saturated rings. The van der Waals surface area contributed by atoms with Gasteiger partial charge in [0.15, 0.2) is 0 Å². The van der Waals surface area contributed by atoms with E-state index in [9.17, 15) is 9.59 Å². The number of likely N-dealkylation sites (N-methyl/N-ethyl adjacent to an activating group) is 1. The maximum absolute atomic E-state index is 12.2. The number of nitrogens with one attached hydrogen (secondary N) is 1. The van der Waals surface area contributed by atoms with Gasteiger partial charge in [-0.15, -0.1) is 0 Å². The summed E-state index contributed by atoms with van der Waals surface area (Å²) in [5.74, 6) is -1.04. The molecule has 92 valence electrons. The average molecular weight is 228 g/mol. The second kappa shape index (κ2) is 4.82. The van der Waals surface area contributed by atoms with Gasteiger partial charge >= 0.3 is 5.97 Å². The van der Waals surface area contributed by atoms with Gasteiger partial charge in [0.05, 0.1) is 5.54 Å². The summed E-state index contributed by atoms with van der Waals surface area (Å²) in [5.41, 5.74) is -0.703. The van der Waals surface area contributed by atoms with Crippen molar-refractivity contribution >= 4 is 11.9 Å². The maximum atomic E-state index is 12.2. The molecule has 1 atom stereocenters. The first-order chi connectivity index (χ1) is 7.40. The van der Waals surface area contributed by atoms with Crippen molar-refractivity contribution in [3.05, 3.63) is 0 Å². The number of piperidine rings is 1. The summed E-state index contributed by atoms with van der Waals surface area (Å²) >= 11 is 0. The number of rotatable bonds is 3. The van der Waals surface area contributed by atoms with Crippen LogP contribution in [0.15, 0.2) is 0 Å². The standard InChI is InChI=1S/C11H20N2O3/c1-11(2,12-3)10(16)13-7-5-4-6-8(13)9(14)15/h8,12H,4-7H2,1-3H3,(H,14,15)/t8-/m0/s1. The number of carboxylic acids is 1. The lowest BCUT2D eigenvalue weighted by atomic mass is 9.97. The zero-order chi connectivity index (χ0) is 12.3. The minimum atomic E-state index is -0.903. The Morgan fingerprint density at radius 1 is 1.38 bits per heavy atom. The summed E-state index contributed by atoms with van der Waals surface area (Å²) in [7, 11) is 1.71. The minimum absolute atomic E-state index is 0.137. The van der Waals surface area contributed by atoms with Crippen molar-refractivity contribution in [2.45, 2.75) is 44.7 Å². The van der Waals surface area contributed by atoms with Crippen LogP contribution in [0.5, 0.6) is 0 Å². The molecule has 0 unspecified atom stereocenters. The van der Waals surface area contributed by atoms with Crippen molar-refractivity contribution in [2.75, 3.05) is 13.6 Å². The van der Waals surface area contributed by atoms with Crippen molar-refractivity contribution in [1.29, 1.82) is 0 Å². The Morgan fingerprint density at radius 3 is 2.50 bits per heavy atom. The Balaban J connectivity index is 2.83. The fraction of sp³-hybridized carbons (Fsp3) is 0.818. The predicted molar refractivity (Wildman–Crippen MR) is 60.1 cm³/mol. The molecule has 0 radical (unpaired) electrons. The third kappa shape index (κ3) is 2.52. The van der Waals surface area contributed by atoms with Crippen LogP contribution < -0.4 is 5.32 Å². The number of amides is 1. The molecule has 1 aliphatic rings. The van der Waals surface area contributed by atoms with E-state index in [0.717, 1.165) is 12.8 Å². The van der Waals surface area contributed by atoms with Crippen LogP contribution in [0, 0.1) is 0 Å². The van der Waals surface area contributed by atoms with Crippen molar-refractivity contribution in [1.82, 2.24) is 10.2 Å². The highest BCUT2D eigenvalue weighted by Crippen LogP contribution is 2.20. The summed E-state index contributed by atoms with van der Waals surface area (Å²) in [5, 5.41) is 12.0. The first-order valence-corrected chi connectivity index (χ1v) is 5.63. The van der Waals surface area contributed by atoms with Crippen LogP contribution in [0.2, 0.25) is 0 Å². The van der Waals surface area contributed by atoms with Gasteiger partial charge in [-0.1, -0.05) is 0 Å². The first kappa shape index (κ1) is 13.0. The van der Waals surface area contributed by atoms with Gasteiger partial charge in [-0.3, -0.25) is 4.79 Å². The molecule has 0 aliphatic carbocycles. The number of nitrogens with zero attached hydrogens (tertiary/aromatic N) is 1. The maximum Gasteiger partial charge on any atom is 0.326 e. The first-order valence-electron chi connectivity index (χ1n) is 5.63. The van der Waals surface area contributed by atoms with E-state index < -0.39 is 17.6 Å². The normalized spacial score (nSPS) is 21.9. The lowest BCUT2D eigenvalue weighted by molar-refractivity contribution is -0.154. The van der Waals surface area contributed by atoms with Gasteiger partial charge < -0.3 is 15.3 Å². The van der Waals surface area contributed by atoms with Gasteiger partial charge in [-0.25, -0.2) is 4.79 Å². The van der Waals surface area contributed by atoms with Crippen LogP contribution in [0.25, 0.3) is 0 Å². The highest BCUT2D eigenvalue weighted by molar-refractivity contribution is 5.89. The molecule has 2 N–H and O–H groups in total. The number of hydrogen-bond donors (Lipinski definition) is 2. The van der Waals surface area contributed by atoms with Crippen LogP contribution in [0.3, 0.4) is 0 Å². The molecule has 0 spiro atoms. The van der Waals surface area contributed by atoms with Crippen molar-refractivity contribution in [3.63, 3.8) is 0 Å². The molecule has 5 heteroatoms. The topological polar surface area (TPSA) is 69.6 Å². The lowest BCUT2D eigenvalue weighted by Gasteiger charge is -2.38. The summed E-state index contributed by atoms with van der Waals surface area (Å²) in [6.07, 6.45) is 2.32. The number of carbonyl (C=O) groups is 2. The Morgan fingerprint density at radius 2 is 2.00 bits per heavy atom. The Hall–Kier alpha value is -1.10. The number of aliphatic carboxylic acids is 1. The molecule has 0 aromatic heterocycles. The van der Waals surface area contributed by atoms with E-state index in [1.807, 2.05) is 0 Å². The predicted octanol–water partition coefficient (Wildman–Crippen LogP) is 0.450. The van der Waals surface area contributed by atoms with E-state index in [1.54, 1.807) is 20.9 Å². The zero-order valence-electron chi connectivity index (χ0n) is 10.1. The molecule has 1 saturated heterocycles. The number of likely N-dealkylation sites (tertiary alicyclic amines) is 1. The van der Waals surface area contributed by atoms with Crippen molar-refractivity contribution < 1.29 is 14.7 Å². The molecular formula is C11H20N2O3. The van der Waals surface area contributed by atoms with E-state index in [0.29, 0.717) is 13.0 Å². The molecule has 0 aromatic rings. The fourth-order valence-electron chi connectivity index (χ4n) is 1.90. The van der Waals surface area contributed by atoms with Crippen LogP contribution >= 0.6 is 0 Å². The van der Waals surface area contributed by atoms with Gasteiger partial charge in [0.2, 0.25) is 5.91 Å². The summed E-state index contributed by atoms with van der Waals surface area (Å²) in [6, 6.07) is -0.658. The molecule has 1 aliphatic heterocycles.